The number of nitrogens with zero attached hydrogens (tertiary/aromatic N) is 1. The highest BCUT2D eigenvalue weighted by atomic mass is 32.7. The summed E-state index contributed by atoms with van der Waals surface area (Å²) in [7, 11) is 0. The van der Waals surface area contributed by atoms with E-state index in [1.807, 2.05) is 67.6 Å². The molecule has 0 radical (unpaired) electrons. The molecular weight excluding hydrogens is 395 g/mol. The predicted octanol–water partition coefficient (Wildman–Crippen LogP) is 6.10. The fraction of sp³-hybridized carbons (Fsp3) is 0.350. The first-order valence-corrected chi connectivity index (χ1v) is 12.6. The monoisotopic (exact) mass is 422 g/mol. The summed E-state index contributed by atoms with van der Waals surface area (Å²) in [6.07, 6.45) is 0. The second-order valence-electron chi connectivity index (χ2n) is 6.37. The molecule has 0 amide bonds. The molecule has 7 heteroatoms. The fourth-order valence-electron chi connectivity index (χ4n) is 2.35. The summed E-state index contributed by atoms with van der Waals surface area (Å²) < 4.78 is 21.3. The van der Waals surface area contributed by atoms with Crippen molar-refractivity contribution in [2.75, 3.05) is 17.0 Å². The summed E-state index contributed by atoms with van der Waals surface area (Å²) in [5.41, 5.74) is 1.87. The molecule has 1 N–H and O–H groups in total. The van der Waals surface area contributed by atoms with Gasteiger partial charge in [-0.25, -0.2) is 4.67 Å². The van der Waals surface area contributed by atoms with Crippen LogP contribution in [0.15, 0.2) is 60.7 Å². The highest BCUT2D eigenvalue weighted by Crippen LogP contribution is 2.64. The van der Waals surface area contributed by atoms with Gasteiger partial charge in [-0.2, -0.15) is 0 Å². The van der Waals surface area contributed by atoms with E-state index >= 15 is 0 Å². The average molecular weight is 423 g/mol. The van der Waals surface area contributed by atoms with Crippen LogP contribution in [0.4, 0.5) is 5.69 Å². The topological polar surface area (TPSA) is 41.6 Å². The van der Waals surface area contributed by atoms with E-state index in [9.17, 15) is 4.57 Å². The zero-order chi connectivity index (χ0) is 19.7. The summed E-state index contributed by atoms with van der Waals surface area (Å²) >= 11 is 6.99. The molecule has 0 heterocycles. The van der Waals surface area contributed by atoms with Gasteiger partial charge in [-0.1, -0.05) is 62.4 Å². The third-order valence-corrected chi connectivity index (χ3v) is 8.93. The maximum absolute atomic E-state index is 13.8. The van der Waals surface area contributed by atoms with E-state index in [2.05, 4.69) is 19.2 Å². The van der Waals surface area contributed by atoms with Crippen molar-refractivity contribution < 1.29 is 9.09 Å². The van der Waals surface area contributed by atoms with Crippen molar-refractivity contribution in [1.29, 1.82) is 0 Å². The third kappa shape index (κ3) is 6.65. The number of nitrogens with one attached hydrogen (secondary N) is 1. The van der Waals surface area contributed by atoms with Crippen LogP contribution in [0.3, 0.4) is 0 Å². The van der Waals surface area contributed by atoms with E-state index in [-0.39, 0.29) is 0 Å². The standard InChI is InChI=1S/C20H27N2O2PS2/c1-4-24-25(23,27-16-17(2)3)22(19-13-9-6-10-14-19)20(26)21-15-18-11-7-5-8-12-18/h5-14,17H,4,15-16H2,1-3H3,(H,21,26). The molecule has 0 aliphatic carbocycles. The van der Waals surface area contributed by atoms with Crippen molar-refractivity contribution in [3.05, 3.63) is 66.2 Å². The molecule has 2 rings (SSSR count). The number of benzene rings is 2. The Morgan fingerprint density at radius 2 is 1.74 bits per heavy atom. The molecule has 0 fully saturated rings. The van der Waals surface area contributed by atoms with Crippen molar-refractivity contribution in [3.63, 3.8) is 0 Å². The normalized spacial score (nSPS) is 13.2. The van der Waals surface area contributed by atoms with E-state index in [1.54, 1.807) is 4.67 Å². The molecule has 0 aliphatic rings. The first kappa shape index (κ1) is 22.0. The Balaban J connectivity index is 2.28. The molecule has 1 unspecified atom stereocenters. The first-order chi connectivity index (χ1) is 13.0. The van der Waals surface area contributed by atoms with Gasteiger partial charge in [-0.15, -0.1) is 0 Å². The smallest absolute Gasteiger partial charge is 0.358 e. The lowest BCUT2D eigenvalue weighted by Gasteiger charge is -2.32. The summed E-state index contributed by atoms with van der Waals surface area (Å²) in [6, 6.07) is 19.5. The van der Waals surface area contributed by atoms with Gasteiger partial charge in [0.15, 0.2) is 5.11 Å². The Hall–Kier alpha value is -1.33. The van der Waals surface area contributed by atoms with Crippen LogP contribution >= 0.6 is 30.3 Å². The summed E-state index contributed by atoms with van der Waals surface area (Å²) in [5.74, 6) is 1.12. The molecule has 1 atom stereocenters. The van der Waals surface area contributed by atoms with Gasteiger partial charge in [0.2, 0.25) is 0 Å². The lowest BCUT2D eigenvalue weighted by Crippen LogP contribution is -2.37. The molecule has 0 bridgehead atoms. The van der Waals surface area contributed by atoms with Crippen LogP contribution in [-0.2, 0) is 15.6 Å². The molecule has 27 heavy (non-hydrogen) atoms. The van der Waals surface area contributed by atoms with Crippen molar-refractivity contribution in [2.24, 2.45) is 5.92 Å². The molecule has 0 aliphatic heterocycles. The minimum Gasteiger partial charge on any atom is -0.358 e. The molecular formula is C20H27N2O2PS2. The first-order valence-electron chi connectivity index (χ1n) is 9.02. The number of para-hydroxylation sites is 1. The zero-order valence-corrected chi connectivity index (χ0v) is 18.5. The minimum atomic E-state index is -3.24. The van der Waals surface area contributed by atoms with Crippen LogP contribution in [0.5, 0.6) is 0 Å². The molecule has 0 saturated carbocycles. The van der Waals surface area contributed by atoms with Crippen molar-refractivity contribution in [2.45, 2.75) is 27.3 Å². The number of thiocarbonyl (C=S) groups is 1. The summed E-state index contributed by atoms with van der Waals surface area (Å²) in [5, 5.41) is 3.64. The number of hydrogen-bond donors (Lipinski definition) is 1. The van der Waals surface area contributed by atoms with Gasteiger partial charge < -0.3 is 9.84 Å². The highest BCUT2D eigenvalue weighted by Gasteiger charge is 2.36. The Morgan fingerprint density at radius 1 is 1.15 bits per heavy atom. The fourth-order valence-corrected chi connectivity index (χ4v) is 7.70. The van der Waals surface area contributed by atoms with E-state index < -0.39 is 6.72 Å². The zero-order valence-electron chi connectivity index (χ0n) is 16.0. The molecule has 0 aromatic heterocycles. The van der Waals surface area contributed by atoms with Crippen LogP contribution < -0.4 is 9.99 Å². The van der Waals surface area contributed by atoms with Crippen LogP contribution in [0.1, 0.15) is 26.3 Å². The van der Waals surface area contributed by atoms with E-state index in [0.29, 0.717) is 24.2 Å². The molecule has 2 aromatic carbocycles. The Kier molecular flexibility index (Phi) is 8.84. The van der Waals surface area contributed by atoms with E-state index in [0.717, 1.165) is 17.0 Å². The molecule has 0 spiro atoms. The van der Waals surface area contributed by atoms with Crippen LogP contribution in [0, 0.1) is 5.92 Å². The maximum Gasteiger partial charge on any atom is 0.359 e. The van der Waals surface area contributed by atoms with Gasteiger partial charge in [0.05, 0.1) is 12.3 Å². The number of rotatable bonds is 9. The van der Waals surface area contributed by atoms with Crippen LogP contribution in [0.25, 0.3) is 0 Å². The SMILES string of the molecule is CCOP(=O)(SCC(C)C)N(C(=S)NCc1ccccc1)c1ccccc1. The highest BCUT2D eigenvalue weighted by molar-refractivity contribution is 8.57. The number of anilines is 1. The predicted molar refractivity (Wildman–Crippen MR) is 121 cm³/mol. The quantitative estimate of drug-likeness (QED) is 0.389. The number of hydrogen-bond acceptors (Lipinski definition) is 4. The van der Waals surface area contributed by atoms with E-state index in [4.69, 9.17) is 16.7 Å². The molecule has 4 nitrogen and oxygen atoms in total. The Bertz CT molecular complexity index is 757. The van der Waals surface area contributed by atoms with Gasteiger partial charge in [0.1, 0.15) is 0 Å². The van der Waals surface area contributed by atoms with Gasteiger partial charge in [-0.3, -0.25) is 4.57 Å². The van der Waals surface area contributed by atoms with Gasteiger partial charge >= 0.3 is 6.72 Å². The lowest BCUT2D eigenvalue weighted by atomic mass is 10.2. The lowest BCUT2D eigenvalue weighted by molar-refractivity contribution is 0.346. The largest absolute Gasteiger partial charge is 0.359 e. The second-order valence-corrected chi connectivity index (χ2v) is 11.1. The molecule has 2 aromatic rings. The average Bonchev–Trinajstić information content (AvgIpc) is 2.67. The van der Waals surface area contributed by atoms with Crippen molar-refractivity contribution in [1.82, 2.24) is 5.32 Å². The van der Waals surface area contributed by atoms with Crippen LogP contribution in [0.2, 0.25) is 0 Å². The van der Waals surface area contributed by atoms with Gasteiger partial charge in [0.25, 0.3) is 0 Å². The second kappa shape index (κ2) is 10.9. The minimum absolute atomic E-state index is 0.354. The Morgan fingerprint density at radius 3 is 2.30 bits per heavy atom. The summed E-state index contributed by atoms with van der Waals surface area (Å²) in [6.45, 7) is 3.73. The van der Waals surface area contributed by atoms with Gasteiger partial charge in [0, 0.05) is 12.3 Å². The maximum atomic E-state index is 13.8. The Labute approximate surface area is 171 Å². The summed E-state index contributed by atoms with van der Waals surface area (Å²) in [4.78, 5) is 0. The van der Waals surface area contributed by atoms with Crippen molar-refractivity contribution >= 4 is 41.1 Å². The molecule has 0 saturated heterocycles. The third-order valence-electron chi connectivity index (χ3n) is 3.59. The van der Waals surface area contributed by atoms with Crippen molar-refractivity contribution in [3.8, 4) is 0 Å². The molecule has 146 valence electrons. The van der Waals surface area contributed by atoms with Gasteiger partial charge in [-0.05, 0) is 54.1 Å². The van der Waals surface area contributed by atoms with Crippen LogP contribution in [-0.4, -0.2) is 17.5 Å². The van der Waals surface area contributed by atoms with E-state index in [1.165, 1.54) is 11.4 Å².